The van der Waals surface area contributed by atoms with Gasteiger partial charge in [-0.1, -0.05) is 149 Å². The van der Waals surface area contributed by atoms with E-state index >= 15 is 0 Å². The van der Waals surface area contributed by atoms with Crippen molar-refractivity contribution in [1.29, 1.82) is 0 Å². The summed E-state index contributed by atoms with van der Waals surface area (Å²) in [7, 11) is 0. The van der Waals surface area contributed by atoms with E-state index in [0.717, 1.165) is 33.3 Å². The van der Waals surface area contributed by atoms with Gasteiger partial charge in [-0.2, -0.15) is 10.7 Å². The molecule has 65 heavy (non-hydrogen) atoms. The molecule has 6 heteroatoms. The molecule has 4 heterocycles. The molecule has 0 bridgehead atoms. The van der Waals surface area contributed by atoms with Crippen molar-refractivity contribution in [3.63, 3.8) is 0 Å². The van der Waals surface area contributed by atoms with Gasteiger partial charge in [0.25, 0.3) is 0 Å². The zero-order valence-electron chi connectivity index (χ0n) is 39.9. The van der Waals surface area contributed by atoms with E-state index in [-0.39, 0.29) is 31.9 Å². The first-order valence-electron chi connectivity index (χ1n) is 23.1. The standard InChI is InChI=1S/C59H61N4O.Pt/c1-37(2)41-28-50(38(3)4)57(51(29-41)39(5)6)40-26-27-60-56(30-40)61-52-21-14-13-20-48(52)49-25-24-46(35-53(49)61)64-47-33-43(59(10,11)12)32-45(34-47)63-36-62(63,54-22-15-16-23-55(54)63)44-19-17-18-42(31-44)58(7,8)9;/h13-33,36-39H,1-12H3;/q-1;/t62-,63?;/m0./s1. The first-order chi connectivity index (χ1) is 30.4. The van der Waals surface area contributed by atoms with E-state index in [2.05, 4.69) is 222 Å². The number of rotatable bonds is 9. The quantitative estimate of drug-likeness (QED) is 0.0818. The summed E-state index contributed by atoms with van der Waals surface area (Å²) in [5.74, 6) is 3.34. The molecule has 2 aromatic heterocycles. The molecule has 8 aromatic rings. The van der Waals surface area contributed by atoms with Gasteiger partial charge in [-0.3, -0.25) is 0 Å². The van der Waals surface area contributed by atoms with E-state index in [9.17, 15) is 0 Å². The summed E-state index contributed by atoms with van der Waals surface area (Å²) in [5, 5.41) is 2.25. The molecule has 0 radical (unpaired) electrons. The van der Waals surface area contributed by atoms with Crippen molar-refractivity contribution in [2.75, 3.05) is 0 Å². The van der Waals surface area contributed by atoms with Gasteiger partial charge in [-0.05, 0) is 85.5 Å². The third kappa shape index (κ3) is 7.12. The molecular formula is C59H61N4OPt-. The zero-order chi connectivity index (χ0) is 45.1. The summed E-state index contributed by atoms with van der Waals surface area (Å²) in [4.78, 5) is 5.07. The Kier molecular flexibility index (Phi) is 11.0. The van der Waals surface area contributed by atoms with Crippen LogP contribution in [0.1, 0.15) is 129 Å². The summed E-state index contributed by atoms with van der Waals surface area (Å²) in [5.41, 5.74) is 15.9. The van der Waals surface area contributed by atoms with Crippen LogP contribution in [-0.2, 0) is 31.9 Å². The molecule has 1 fully saturated rings. The minimum absolute atomic E-state index is 0. The fourth-order valence-electron chi connectivity index (χ4n) is 10.1. The van der Waals surface area contributed by atoms with E-state index < -0.39 is 0 Å². The number of pyridine rings is 1. The average molecular weight is 1040 g/mol. The molecule has 2 aliphatic rings. The van der Waals surface area contributed by atoms with Crippen LogP contribution in [0.4, 0.5) is 22.7 Å². The Balaban J connectivity index is 0.00000533. The summed E-state index contributed by atoms with van der Waals surface area (Å²) in [6.07, 6.45) is 1.97. The van der Waals surface area contributed by atoms with Crippen molar-refractivity contribution in [2.24, 2.45) is 0 Å². The molecule has 0 N–H and O–H groups in total. The Hall–Kier alpha value is -5.32. The third-order valence-corrected chi connectivity index (χ3v) is 13.7. The molecule has 2 aliphatic heterocycles. The topological polar surface area (TPSA) is 27.1 Å². The molecule has 2 atom stereocenters. The van der Waals surface area contributed by atoms with Gasteiger partial charge in [0.2, 0.25) is 11.4 Å². The molecule has 1 unspecified atom stereocenters. The molecule has 10 rings (SSSR count). The number of aromatic nitrogens is 2. The first-order valence-corrected chi connectivity index (χ1v) is 23.1. The van der Waals surface area contributed by atoms with Crippen LogP contribution in [-0.4, -0.2) is 9.55 Å². The number of ether oxygens (including phenoxy) is 1. The summed E-state index contributed by atoms with van der Waals surface area (Å²) >= 11 is 0. The van der Waals surface area contributed by atoms with Crippen molar-refractivity contribution in [3.8, 4) is 28.4 Å². The molecule has 0 aliphatic carbocycles. The van der Waals surface area contributed by atoms with Gasteiger partial charge in [0, 0.05) is 68.5 Å². The molecule has 0 spiro atoms. The maximum absolute atomic E-state index is 6.95. The molecular weight excluding hydrogens is 976 g/mol. The number of fused-ring (bicyclic) bond motifs is 7. The molecule has 1 saturated heterocycles. The Morgan fingerprint density at radius 1 is 0.600 bits per heavy atom. The number of hydrogen-bond donors (Lipinski definition) is 0. The minimum Gasteiger partial charge on any atom is -0.509 e. The van der Waals surface area contributed by atoms with E-state index in [4.69, 9.17) is 9.72 Å². The van der Waals surface area contributed by atoms with E-state index in [0.29, 0.717) is 38.4 Å². The van der Waals surface area contributed by atoms with Crippen LogP contribution in [0, 0.1) is 18.8 Å². The van der Waals surface area contributed by atoms with Gasteiger partial charge >= 0.3 is 0 Å². The van der Waals surface area contributed by atoms with Crippen LogP contribution in [0.15, 0.2) is 128 Å². The minimum atomic E-state index is -0.140. The van der Waals surface area contributed by atoms with Crippen LogP contribution >= 0.6 is 0 Å². The predicted octanol–water partition coefficient (Wildman–Crippen LogP) is 16.5. The number of hydrogen-bond acceptors (Lipinski definition) is 2. The smallest absolute Gasteiger partial charge is 0.225 e. The van der Waals surface area contributed by atoms with Gasteiger partial charge in [0.1, 0.15) is 5.82 Å². The maximum Gasteiger partial charge on any atom is 0.225 e. The van der Waals surface area contributed by atoms with E-state index in [1.165, 1.54) is 56.0 Å². The van der Waals surface area contributed by atoms with Crippen molar-refractivity contribution in [1.82, 2.24) is 18.7 Å². The zero-order valence-corrected chi connectivity index (χ0v) is 42.2. The fourth-order valence-corrected chi connectivity index (χ4v) is 10.1. The largest absolute Gasteiger partial charge is 0.509 e. The van der Waals surface area contributed by atoms with Crippen molar-refractivity contribution < 1.29 is 25.8 Å². The van der Waals surface area contributed by atoms with Crippen LogP contribution < -0.4 is 13.9 Å². The monoisotopic (exact) mass is 1040 g/mol. The van der Waals surface area contributed by atoms with Gasteiger partial charge in [-0.25, -0.2) is 9.58 Å². The number of nitrogens with zero attached hydrogens (tertiary/aromatic N) is 4. The fraction of sp³-hybridized carbons (Fsp3) is 0.288. The average Bonchev–Trinajstić information content (AvgIpc) is 3.76. The van der Waals surface area contributed by atoms with Crippen molar-refractivity contribution in [2.45, 2.75) is 112 Å². The molecule has 0 amide bonds. The van der Waals surface area contributed by atoms with Gasteiger partial charge < -0.3 is 9.30 Å². The Bertz CT molecular complexity index is 3120. The van der Waals surface area contributed by atoms with Gasteiger partial charge in [0.15, 0.2) is 12.4 Å². The van der Waals surface area contributed by atoms with E-state index in [1.54, 1.807) is 0 Å². The second kappa shape index (κ2) is 15.9. The van der Waals surface area contributed by atoms with Crippen LogP contribution in [0.25, 0.3) is 38.8 Å². The van der Waals surface area contributed by atoms with E-state index in [1.807, 2.05) is 12.3 Å². The van der Waals surface area contributed by atoms with Crippen molar-refractivity contribution >= 4 is 44.6 Å². The molecule has 334 valence electrons. The number of para-hydroxylation sites is 3. The Labute approximate surface area is 401 Å². The molecule has 6 aromatic carbocycles. The Morgan fingerprint density at radius 3 is 1.92 bits per heavy atom. The van der Waals surface area contributed by atoms with Gasteiger partial charge in [0.05, 0.1) is 5.69 Å². The number of quaternary nitrogens is 2. The molecule has 0 saturated carbocycles. The second-order valence-corrected chi connectivity index (χ2v) is 21.1. The van der Waals surface area contributed by atoms with Crippen molar-refractivity contribution in [3.05, 3.63) is 174 Å². The van der Waals surface area contributed by atoms with Crippen LogP contribution in [0.3, 0.4) is 0 Å². The summed E-state index contributed by atoms with van der Waals surface area (Å²) in [6.45, 7) is 29.9. The van der Waals surface area contributed by atoms with Gasteiger partial charge in [-0.15, -0.1) is 35.2 Å². The summed E-state index contributed by atoms with van der Waals surface area (Å²) < 4.78 is 10.4. The SMILES string of the molecule is CC(C)c1cc(C(C)C)c(-c2ccnc(-n3c4[c-]c(Oc5[c-]c([N+]67[CH-][N@+]6(c6cccc(C(C)(C)C)c6)c6ccccc67)cc(C(C)(C)C)c5)ccc4c4ccccc43)c2)c(C(C)C)c1.[Pt]. The molecule has 5 nitrogen and oxygen atoms in total. The van der Waals surface area contributed by atoms with Crippen LogP contribution in [0.5, 0.6) is 11.5 Å². The third-order valence-electron chi connectivity index (χ3n) is 13.7. The normalized spacial score (nSPS) is 17.9. The first kappa shape index (κ1) is 44.9. The summed E-state index contributed by atoms with van der Waals surface area (Å²) in [6, 6.07) is 52.2. The maximum atomic E-state index is 6.95. The second-order valence-electron chi connectivity index (χ2n) is 21.1. The predicted molar refractivity (Wildman–Crippen MR) is 268 cm³/mol. The Morgan fingerprint density at radius 2 is 1.26 bits per heavy atom. The number of benzene rings is 6. The van der Waals surface area contributed by atoms with Crippen LogP contribution in [0.2, 0.25) is 0 Å².